The molecule has 0 unspecified atom stereocenters. The summed E-state index contributed by atoms with van der Waals surface area (Å²) in [4.78, 5) is 24.9. The zero-order valence-corrected chi connectivity index (χ0v) is 15.4. The van der Waals surface area contributed by atoms with E-state index in [0.717, 1.165) is 11.1 Å². The van der Waals surface area contributed by atoms with E-state index in [1.165, 1.54) is 0 Å². The molecule has 0 saturated carbocycles. The van der Waals surface area contributed by atoms with Crippen molar-refractivity contribution in [2.24, 2.45) is 0 Å². The Bertz CT molecular complexity index is 699. The van der Waals surface area contributed by atoms with Crippen LogP contribution in [0.15, 0.2) is 60.7 Å². The highest BCUT2D eigenvalue weighted by molar-refractivity contribution is 5.85. The highest BCUT2D eigenvalue weighted by atomic mass is 16.6. The molecule has 2 rings (SSSR count). The second-order valence-corrected chi connectivity index (χ2v) is 7.31. The van der Waals surface area contributed by atoms with Gasteiger partial charge in [0.05, 0.1) is 6.42 Å². The number of carbonyl (C=O) groups is 2. The van der Waals surface area contributed by atoms with Gasteiger partial charge in [-0.3, -0.25) is 9.59 Å². The molecule has 0 aromatic heterocycles. The van der Waals surface area contributed by atoms with E-state index in [9.17, 15) is 9.59 Å². The Morgan fingerprint density at radius 3 is 1.80 bits per heavy atom. The Labute approximate surface area is 150 Å². The molecule has 0 aliphatic carbocycles. The van der Waals surface area contributed by atoms with Crippen molar-refractivity contribution >= 4 is 11.8 Å². The van der Waals surface area contributed by atoms with Crippen molar-refractivity contribution in [3.8, 4) is 0 Å². The lowest BCUT2D eigenvalue weighted by molar-refractivity contribution is -0.155. The van der Waals surface area contributed by atoms with Crippen LogP contribution in [0.3, 0.4) is 0 Å². The molecule has 0 saturated heterocycles. The minimum Gasteiger partial charge on any atom is -0.460 e. The van der Waals surface area contributed by atoms with Crippen LogP contribution in [0.1, 0.15) is 57.1 Å². The third-order valence-electron chi connectivity index (χ3n) is 4.03. The first-order chi connectivity index (χ1) is 11.8. The number of rotatable bonds is 6. The number of hydrogen-bond acceptors (Lipinski definition) is 3. The molecule has 0 N–H and O–H groups in total. The molecule has 0 fully saturated rings. The molecule has 0 heterocycles. The number of ether oxygens (including phenoxy) is 1. The van der Waals surface area contributed by atoms with Crippen LogP contribution in [0.4, 0.5) is 0 Å². The van der Waals surface area contributed by atoms with E-state index in [1.54, 1.807) is 6.92 Å². The Hall–Kier alpha value is -2.42. The van der Waals surface area contributed by atoms with Gasteiger partial charge in [0.2, 0.25) is 0 Å². The van der Waals surface area contributed by atoms with Gasteiger partial charge in [0, 0.05) is 11.8 Å². The van der Waals surface area contributed by atoms with Gasteiger partial charge in [0.25, 0.3) is 0 Å². The van der Waals surface area contributed by atoms with Gasteiger partial charge in [-0.05, 0) is 38.8 Å². The fraction of sp³-hybridized carbons (Fsp3) is 0.364. The molecular weight excluding hydrogens is 312 g/mol. The Kier molecular flexibility index (Phi) is 6.13. The molecule has 0 aliphatic rings. The summed E-state index contributed by atoms with van der Waals surface area (Å²) in [6.07, 6.45) is 0.167. The van der Waals surface area contributed by atoms with Crippen LogP contribution < -0.4 is 0 Å². The monoisotopic (exact) mass is 338 g/mol. The first-order valence-electron chi connectivity index (χ1n) is 8.60. The van der Waals surface area contributed by atoms with Crippen molar-refractivity contribution in [2.75, 3.05) is 0 Å². The van der Waals surface area contributed by atoms with Gasteiger partial charge < -0.3 is 4.74 Å². The van der Waals surface area contributed by atoms with E-state index in [4.69, 9.17) is 4.74 Å². The van der Waals surface area contributed by atoms with Gasteiger partial charge in [-0.25, -0.2) is 0 Å². The zero-order chi connectivity index (χ0) is 18.4. The Balaban J connectivity index is 2.39. The average Bonchev–Trinajstić information content (AvgIpc) is 2.54. The van der Waals surface area contributed by atoms with Crippen molar-refractivity contribution in [1.29, 1.82) is 0 Å². The van der Waals surface area contributed by atoms with E-state index < -0.39 is 5.60 Å². The molecule has 0 spiro atoms. The summed E-state index contributed by atoms with van der Waals surface area (Å²) in [7, 11) is 0. The SMILES string of the molecule is CC(=O)[C@@H](c1ccccc1)[C@@H](CC(=O)OC(C)(C)C)c1ccccc1. The fourth-order valence-electron chi connectivity index (χ4n) is 3.10. The minimum absolute atomic E-state index is 0.0450. The standard InChI is InChI=1S/C22H26O3/c1-16(23)21(18-13-9-6-10-14-18)19(17-11-7-5-8-12-17)15-20(24)25-22(2,3)4/h5-14,19,21H,15H2,1-4H3/t19-,21-/m0/s1. The summed E-state index contributed by atoms with van der Waals surface area (Å²) < 4.78 is 5.51. The second-order valence-electron chi connectivity index (χ2n) is 7.31. The minimum atomic E-state index is -0.545. The first kappa shape index (κ1) is 18.9. The lowest BCUT2D eigenvalue weighted by Crippen LogP contribution is -2.27. The number of ketones is 1. The maximum Gasteiger partial charge on any atom is 0.306 e. The number of benzene rings is 2. The zero-order valence-electron chi connectivity index (χ0n) is 15.4. The Morgan fingerprint density at radius 2 is 1.36 bits per heavy atom. The third kappa shape index (κ3) is 5.56. The topological polar surface area (TPSA) is 43.4 Å². The normalized spacial score (nSPS) is 13.8. The van der Waals surface area contributed by atoms with Crippen LogP contribution in [0, 0.1) is 0 Å². The van der Waals surface area contributed by atoms with Crippen LogP contribution >= 0.6 is 0 Å². The largest absolute Gasteiger partial charge is 0.460 e. The van der Waals surface area contributed by atoms with Gasteiger partial charge in [0.15, 0.2) is 0 Å². The molecule has 2 aromatic rings. The summed E-state index contributed by atoms with van der Waals surface area (Å²) in [5, 5.41) is 0. The number of esters is 1. The molecule has 25 heavy (non-hydrogen) atoms. The number of carbonyl (C=O) groups excluding carboxylic acids is 2. The van der Waals surface area contributed by atoms with Gasteiger partial charge in [-0.2, -0.15) is 0 Å². The lowest BCUT2D eigenvalue weighted by Gasteiger charge is -2.27. The predicted molar refractivity (Wildman–Crippen MR) is 99.5 cm³/mol. The molecule has 3 heteroatoms. The van der Waals surface area contributed by atoms with Crippen molar-refractivity contribution in [2.45, 2.75) is 51.6 Å². The predicted octanol–water partition coefficient (Wildman–Crippen LogP) is 4.87. The molecule has 132 valence electrons. The smallest absolute Gasteiger partial charge is 0.306 e. The van der Waals surface area contributed by atoms with Crippen molar-refractivity contribution in [3.63, 3.8) is 0 Å². The average molecular weight is 338 g/mol. The molecular formula is C22H26O3. The van der Waals surface area contributed by atoms with E-state index in [1.807, 2.05) is 81.4 Å². The lowest BCUT2D eigenvalue weighted by atomic mass is 9.77. The molecule has 0 bridgehead atoms. The maximum atomic E-state index is 12.5. The fourth-order valence-corrected chi connectivity index (χ4v) is 3.10. The van der Waals surface area contributed by atoms with E-state index >= 15 is 0 Å². The highest BCUT2D eigenvalue weighted by Gasteiger charge is 2.32. The van der Waals surface area contributed by atoms with Gasteiger partial charge in [-0.1, -0.05) is 60.7 Å². The van der Waals surface area contributed by atoms with Crippen molar-refractivity contribution in [1.82, 2.24) is 0 Å². The first-order valence-corrected chi connectivity index (χ1v) is 8.60. The molecule has 0 amide bonds. The molecule has 3 nitrogen and oxygen atoms in total. The summed E-state index contributed by atoms with van der Waals surface area (Å²) in [6, 6.07) is 19.4. The maximum absolute atomic E-state index is 12.5. The van der Waals surface area contributed by atoms with E-state index in [2.05, 4.69) is 0 Å². The van der Waals surface area contributed by atoms with Crippen molar-refractivity contribution < 1.29 is 14.3 Å². The van der Waals surface area contributed by atoms with Gasteiger partial charge in [0.1, 0.15) is 11.4 Å². The summed E-state index contributed by atoms with van der Waals surface area (Å²) in [5.41, 5.74) is 1.35. The summed E-state index contributed by atoms with van der Waals surface area (Å²) in [5.74, 6) is -0.876. The van der Waals surface area contributed by atoms with Crippen LogP contribution in [0.25, 0.3) is 0 Å². The van der Waals surface area contributed by atoms with Crippen LogP contribution in [0.2, 0.25) is 0 Å². The number of Topliss-reactive ketones (excluding diaryl/α,β-unsaturated/α-hetero) is 1. The molecule has 2 aromatic carbocycles. The Morgan fingerprint density at radius 1 is 0.880 bits per heavy atom. The van der Waals surface area contributed by atoms with Crippen LogP contribution in [0.5, 0.6) is 0 Å². The third-order valence-corrected chi connectivity index (χ3v) is 4.03. The van der Waals surface area contributed by atoms with E-state index in [0.29, 0.717) is 0 Å². The number of hydrogen-bond donors (Lipinski definition) is 0. The molecule has 0 aliphatic heterocycles. The molecule has 0 radical (unpaired) electrons. The van der Waals surface area contributed by atoms with Gasteiger partial charge in [-0.15, -0.1) is 0 Å². The van der Waals surface area contributed by atoms with Gasteiger partial charge >= 0.3 is 5.97 Å². The second kappa shape index (κ2) is 8.11. The van der Waals surface area contributed by atoms with Crippen molar-refractivity contribution in [3.05, 3.63) is 71.8 Å². The quantitative estimate of drug-likeness (QED) is 0.705. The van der Waals surface area contributed by atoms with Crippen LogP contribution in [-0.2, 0) is 14.3 Å². The summed E-state index contributed by atoms with van der Waals surface area (Å²) >= 11 is 0. The van der Waals surface area contributed by atoms with E-state index in [-0.39, 0.29) is 30.0 Å². The molecule has 2 atom stereocenters. The summed E-state index contributed by atoms with van der Waals surface area (Å²) in [6.45, 7) is 7.13. The van der Waals surface area contributed by atoms with Crippen LogP contribution in [-0.4, -0.2) is 17.4 Å². The highest BCUT2D eigenvalue weighted by Crippen LogP contribution is 2.37.